The topological polar surface area (TPSA) is 78.5 Å². The second-order valence-electron chi connectivity index (χ2n) is 9.32. The van der Waals surface area contributed by atoms with E-state index in [1.807, 2.05) is 55.8 Å². The highest BCUT2D eigenvalue weighted by atomic mass is 32.1. The van der Waals surface area contributed by atoms with Crippen LogP contribution in [0, 0.1) is 5.92 Å². The number of hydrogen-bond acceptors (Lipinski definition) is 4. The zero-order chi connectivity index (χ0) is 21.5. The summed E-state index contributed by atoms with van der Waals surface area (Å²) in [5, 5.41) is 10.1. The Morgan fingerprint density at radius 1 is 1.27 bits per heavy atom. The van der Waals surface area contributed by atoms with Crippen molar-refractivity contribution >= 4 is 29.1 Å². The van der Waals surface area contributed by atoms with Crippen LogP contribution in [0.5, 0.6) is 0 Å². The van der Waals surface area contributed by atoms with E-state index in [2.05, 4.69) is 10.6 Å². The van der Waals surface area contributed by atoms with Gasteiger partial charge in [0.25, 0.3) is 5.91 Å². The van der Waals surface area contributed by atoms with Crippen LogP contribution in [0.15, 0.2) is 41.1 Å². The molecule has 3 heterocycles. The molecule has 1 saturated heterocycles. The highest BCUT2D eigenvalue weighted by Crippen LogP contribution is 2.36. The van der Waals surface area contributed by atoms with Crippen LogP contribution in [-0.2, 0) is 22.4 Å². The van der Waals surface area contributed by atoms with Gasteiger partial charge in [-0.2, -0.15) is 11.3 Å². The number of benzene rings is 1. The summed E-state index contributed by atoms with van der Waals surface area (Å²) in [6, 6.07) is 9.42. The van der Waals surface area contributed by atoms with Gasteiger partial charge in [-0.15, -0.1) is 0 Å². The Labute approximate surface area is 180 Å². The summed E-state index contributed by atoms with van der Waals surface area (Å²) < 4.78 is 0. The second-order valence-corrected chi connectivity index (χ2v) is 10.1. The minimum atomic E-state index is -0.801. The van der Waals surface area contributed by atoms with Crippen molar-refractivity contribution in [3.8, 4) is 0 Å². The zero-order valence-corrected chi connectivity index (χ0v) is 18.3. The molecule has 0 saturated carbocycles. The molecule has 1 fully saturated rings. The number of nitrogens with zero attached hydrogens (tertiary/aromatic N) is 1. The molecule has 6 nitrogen and oxygen atoms in total. The molecule has 30 heavy (non-hydrogen) atoms. The molecule has 3 amide bonds. The normalized spacial score (nSPS) is 23.2. The zero-order valence-electron chi connectivity index (χ0n) is 17.5. The SMILES string of the molecule is CC(C)(C)NC(=O)[C@@H]1CN(C(=O)Cc2ccsc2)C[C@]12Cc1ccccc1C(=O)N2. The third-order valence-corrected chi connectivity index (χ3v) is 6.51. The minimum Gasteiger partial charge on any atom is -0.351 e. The quantitative estimate of drug-likeness (QED) is 0.793. The average molecular weight is 426 g/mol. The van der Waals surface area contributed by atoms with Crippen LogP contribution >= 0.6 is 11.3 Å². The fourth-order valence-electron chi connectivity index (χ4n) is 4.45. The summed E-state index contributed by atoms with van der Waals surface area (Å²) >= 11 is 1.56. The molecular weight excluding hydrogens is 398 g/mol. The number of thiophene rings is 1. The maximum Gasteiger partial charge on any atom is 0.252 e. The summed E-state index contributed by atoms with van der Waals surface area (Å²) in [5.41, 5.74) is 1.33. The van der Waals surface area contributed by atoms with Crippen LogP contribution in [0.2, 0.25) is 0 Å². The molecule has 0 bridgehead atoms. The number of likely N-dealkylation sites (tertiary alicyclic amines) is 1. The van der Waals surface area contributed by atoms with E-state index in [-0.39, 0.29) is 17.7 Å². The van der Waals surface area contributed by atoms with Gasteiger partial charge < -0.3 is 15.5 Å². The van der Waals surface area contributed by atoms with Crippen LogP contribution in [0.1, 0.15) is 42.3 Å². The third-order valence-electron chi connectivity index (χ3n) is 5.78. The van der Waals surface area contributed by atoms with Crippen molar-refractivity contribution in [2.45, 2.75) is 44.7 Å². The van der Waals surface area contributed by atoms with Crippen LogP contribution in [0.4, 0.5) is 0 Å². The minimum absolute atomic E-state index is 0.0214. The summed E-state index contributed by atoms with van der Waals surface area (Å²) in [5.74, 6) is -0.849. The Bertz CT molecular complexity index is 980. The van der Waals surface area contributed by atoms with Gasteiger partial charge in [-0.3, -0.25) is 14.4 Å². The third kappa shape index (κ3) is 3.99. The van der Waals surface area contributed by atoms with Gasteiger partial charge in [0.1, 0.15) is 0 Å². The molecule has 0 aliphatic carbocycles. The summed E-state index contributed by atoms with van der Waals surface area (Å²) in [6.45, 7) is 6.42. The number of hydrogen-bond donors (Lipinski definition) is 2. The fraction of sp³-hybridized carbons (Fsp3) is 0.435. The Balaban J connectivity index is 1.64. The van der Waals surface area contributed by atoms with Crippen molar-refractivity contribution < 1.29 is 14.4 Å². The molecule has 0 radical (unpaired) electrons. The van der Waals surface area contributed by atoms with E-state index in [1.54, 1.807) is 22.3 Å². The number of rotatable bonds is 3. The second kappa shape index (κ2) is 7.54. The van der Waals surface area contributed by atoms with Crippen LogP contribution in [0.25, 0.3) is 0 Å². The van der Waals surface area contributed by atoms with E-state index in [4.69, 9.17) is 0 Å². The molecule has 2 aliphatic rings. The largest absolute Gasteiger partial charge is 0.351 e. The molecule has 2 aromatic rings. The van der Waals surface area contributed by atoms with Gasteiger partial charge in [0.15, 0.2) is 0 Å². The number of fused-ring (bicyclic) bond motifs is 1. The van der Waals surface area contributed by atoms with Gasteiger partial charge in [-0.05, 0) is 61.2 Å². The highest BCUT2D eigenvalue weighted by Gasteiger charge is 2.54. The van der Waals surface area contributed by atoms with E-state index in [0.29, 0.717) is 31.5 Å². The summed E-state index contributed by atoms with van der Waals surface area (Å²) in [4.78, 5) is 40.9. The molecule has 1 spiro atoms. The standard InChI is InChI=1S/C23H27N3O3S/c1-22(2,3)24-21(29)18-12-26(19(27)10-15-8-9-30-13-15)14-23(18)11-16-6-4-5-7-17(16)20(28)25-23/h4-9,13,18H,10-12,14H2,1-3H3,(H,24,29)(H,25,28)/t18-,23+/m0/s1. The first-order chi connectivity index (χ1) is 14.2. The first-order valence-electron chi connectivity index (χ1n) is 10.2. The van der Waals surface area contributed by atoms with Gasteiger partial charge in [0.2, 0.25) is 11.8 Å². The van der Waals surface area contributed by atoms with Gasteiger partial charge >= 0.3 is 0 Å². The number of nitrogens with one attached hydrogen (secondary N) is 2. The monoisotopic (exact) mass is 425 g/mol. The molecule has 1 aromatic heterocycles. The van der Waals surface area contributed by atoms with E-state index in [0.717, 1.165) is 11.1 Å². The predicted octanol–water partition coefficient (Wildman–Crippen LogP) is 2.39. The van der Waals surface area contributed by atoms with Crippen LogP contribution in [0.3, 0.4) is 0 Å². The molecule has 158 valence electrons. The van der Waals surface area contributed by atoms with Gasteiger partial charge in [0.05, 0.1) is 17.9 Å². The van der Waals surface area contributed by atoms with E-state index < -0.39 is 17.0 Å². The van der Waals surface area contributed by atoms with Crippen LogP contribution < -0.4 is 10.6 Å². The number of carbonyl (C=O) groups excluding carboxylic acids is 3. The Morgan fingerprint density at radius 2 is 2.03 bits per heavy atom. The molecule has 0 unspecified atom stereocenters. The van der Waals surface area contributed by atoms with Crippen molar-refractivity contribution in [1.82, 2.24) is 15.5 Å². The maximum absolute atomic E-state index is 13.2. The molecule has 1 aromatic carbocycles. The van der Waals surface area contributed by atoms with Gasteiger partial charge in [-0.25, -0.2) is 0 Å². The predicted molar refractivity (Wildman–Crippen MR) is 116 cm³/mol. The van der Waals surface area contributed by atoms with Crippen molar-refractivity contribution in [2.24, 2.45) is 5.92 Å². The lowest BCUT2D eigenvalue weighted by Crippen LogP contribution is -2.62. The molecule has 2 atom stereocenters. The number of carbonyl (C=O) groups is 3. The summed E-state index contributed by atoms with van der Waals surface area (Å²) in [6.07, 6.45) is 0.830. The molecular formula is C23H27N3O3S. The first kappa shape index (κ1) is 20.6. The maximum atomic E-state index is 13.2. The Kier molecular flexibility index (Phi) is 5.18. The lowest BCUT2D eigenvalue weighted by atomic mass is 9.76. The lowest BCUT2D eigenvalue weighted by molar-refractivity contribution is -0.130. The van der Waals surface area contributed by atoms with E-state index in [1.165, 1.54) is 0 Å². The van der Waals surface area contributed by atoms with Crippen molar-refractivity contribution in [3.63, 3.8) is 0 Å². The van der Waals surface area contributed by atoms with E-state index >= 15 is 0 Å². The Hall–Kier alpha value is -2.67. The van der Waals surface area contributed by atoms with Gasteiger partial charge in [-0.1, -0.05) is 18.2 Å². The van der Waals surface area contributed by atoms with Gasteiger partial charge in [0, 0.05) is 24.2 Å². The highest BCUT2D eigenvalue weighted by molar-refractivity contribution is 7.08. The number of amides is 3. The summed E-state index contributed by atoms with van der Waals surface area (Å²) in [7, 11) is 0. The molecule has 4 rings (SSSR count). The fourth-order valence-corrected chi connectivity index (χ4v) is 5.12. The smallest absolute Gasteiger partial charge is 0.252 e. The van der Waals surface area contributed by atoms with Crippen molar-refractivity contribution in [1.29, 1.82) is 0 Å². The van der Waals surface area contributed by atoms with E-state index in [9.17, 15) is 14.4 Å². The average Bonchev–Trinajstić information content (AvgIpc) is 3.28. The molecule has 2 N–H and O–H groups in total. The molecule has 2 aliphatic heterocycles. The molecule has 7 heteroatoms. The van der Waals surface area contributed by atoms with Crippen molar-refractivity contribution in [3.05, 3.63) is 57.8 Å². The van der Waals surface area contributed by atoms with Crippen LogP contribution in [-0.4, -0.2) is 46.8 Å². The first-order valence-corrected chi connectivity index (χ1v) is 11.1. The lowest BCUT2D eigenvalue weighted by Gasteiger charge is -2.39. The van der Waals surface area contributed by atoms with Crippen molar-refractivity contribution in [2.75, 3.05) is 13.1 Å². The Morgan fingerprint density at radius 3 is 2.73 bits per heavy atom.